The molecule has 0 unspecified atom stereocenters. The first-order chi connectivity index (χ1) is 9.45. The maximum atomic E-state index is 11.2. The number of rotatable bonds is 4. The number of carbonyl (C=O) groups is 1. The Hall–Kier alpha value is -2.41. The lowest BCUT2D eigenvalue weighted by Gasteiger charge is -2.07. The lowest BCUT2D eigenvalue weighted by Crippen LogP contribution is -2.11. The summed E-state index contributed by atoms with van der Waals surface area (Å²) in [5, 5.41) is 10.8. The molecular formula is C13H9BrN2O4. The Bertz CT molecular complexity index is 638. The summed E-state index contributed by atoms with van der Waals surface area (Å²) in [5.74, 6) is -0.0891. The zero-order valence-corrected chi connectivity index (χ0v) is 11.7. The van der Waals surface area contributed by atoms with E-state index in [4.69, 9.17) is 10.5 Å². The molecule has 1 amide bonds. The molecule has 0 heterocycles. The molecule has 0 aliphatic rings. The summed E-state index contributed by atoms with van der Waals surface area (Å²) < 4.78 is 6.36. The molecule has 2 rings (SSSR count). The summed E-state index contributed by atoms with van der Waals surface area (Å²) in [5.41, 5.74) is 4.91. The van der Waals surface area contributed by atoms with Crippen LogP contribution in [0.15, 0.2) is 46.9 Å². The van der Waals surface area contributed by atoms with Crippen molar-refractivity contribution in [3.05, 3.63) is 62.6 Å². The third kappa shape index (κ3) is 3.33. The summed E-state index contributed by atoms with van der Waals surface area (Å²) in [4.78, 5) is 21.4. The van der Waals surface area contributed by atoms with E-state index in [0.717, 1.165) is 10.5 Å². The van der Waals surface area contributed by atoms with Crippen molar-refractivity contribution in [1.82, 2.24) is 0 Å². The number of nitrogens with zero attached hydrogens (tertiary/aromatic N) is 1. The zero-order valence-electron chi connectivity index (χ0n) is 10.1. The summed E-state index contributed by atoms with van der Waals surface area (Å²) in [6.07, 6.45) is 0. The van der Waals surface area contributed by atoms with Crippen LogP contribution >= 0.6 is 15.9 Å². The van der Waals surface area contributed by atoms with Crippen molar-refractivity contribution in [3.8, 4) is 11.5 Å². The number of primary amides is 1. The van der Waals surface area contributed by atoms with E-state index in [0.29, 0.717) is 5.75 Å². The number of non-ortho nitro benzene ring substituents is 1. The minimum Gasteiger partial charge on any atom is -0.457 e. The molecule has 0 saturated carbocycles. The molecule has 0 aromatic heterocycles. The predicted molar refractivity (Wildman–Crippen MR) is 75.8 cm³/mol. The number of hydrogen-bond donors (Lipinski definition) is 1. The monoisotopic (exact) mass is 336 g/mol. The molecule has 0 spiro atoms. The van der Waals surface area contributed by atoms with Gasteiger partial charge >= 0.3 is 0 Å². The normalized spacial score (nSPS) is 10.1. The highest BCUT2D eigenvalue weighted by Gasteiger charge is 2.14. The second-order valence-electron chi connectivity index (χ2n) is 3.89. The van der Waals surface area contributed by atoms with Crippen LogP contribution in [-0.2, 0) is 0 Å². The molecule has 0 saturated heterocycles. The van der Waals surface area contributed by atoms with E-state index in [9.17, 15) is 14.9 Å². The predicted octanol–water partition coefficient (Wildman–Crippen LogP) is 3.25. The van der Waals surface area contributed by atoms with Crippen LogP contribution in [-0.4, -0.2) is 10.8 Å². The van der Waals surface area contributed by atoms with E-state index in [-0.39, 0.29) is 17.0 Å². The molecule has 2 aromatic carbocycles. The molecule has 0 bridgehead atoms. The maximum absolute atomic E-state index is 11.2. The van der Waals surface area contributed by atoms with E-state index < -0.39 is 10.8 Å². The third-order valence-electron chi connectivity index (χ3n) is 2.44. The van der Waals surface area contributed by atoms with Crippen molar-refractivity contribution < 1.29 is 14.5 Å². The number of nitro benzene ring substituents is 1. The van der Waals surface area contributed by atoms with E-state index in [1.54, 1.807) is 24.3 Å². The number of halogens is 1. The van der Waals surface area contributed by atoms with E-state index in [1.807, 2.05) is 0 Å². The molecule has 102 valence electrons. The Morgan fingerprint density at radius 3 is 2.35 bits per heavy atom. The van der Waals surface area contributed by atoms with Crippen molar-refractivity contribution in [2.24, 2.45) is 5.73 Å². The Balaban J connectivity index is 2.37. The average molecular weight is 337 g/mol. The lowest BCUT2D eigenvalue weighted by molar-refractivity contribution is -0.384. The summed E-state index contributed by atoms with van der Waals surface area (Å²) in [6, 6.07) is 10.6. The summed E-state index contributed by atoms with van der Waals surface area (Å²) in [7, 11) is 0. The van der Waals surface area contributed by atoms with Gasteiger partial charge in [0.1, 0.15) is 11.5 Å². The third-order valence-corrected chi connectivity index (χ3v) is 2.96. The quantitative estimate of drug-likeness (QED) is 0.684. The van der Waals surface area contributed by atoms with Gasteiger partial charge in [-0.15, -0.1) is 0 Å². The molecular weight excluding hydrogens is 328 g/mol. The maximum Gasteiger partial charge on any atom is 0.273 e. The molecule has 6 nitrogen and oxygen atoms in total. The van der Waals surface area contributed by atoms with Crippen molar-refractivity contribution in [2.45, 2.75) is 0 Å². The average Bonchev–Trinajstić information content (AvgIpc) is 2.41. The zero-order chi connectivity index (χ0) is 14.7. The molecule has 2 aromatic rings. The lowest BCUT2D eigenvalue weighted by atomic mass is 10.2. The fraction of sp³-hybridized carbons (Fsp3) is 0. The Kier molecular flexibility index (Phi) is 3.99. The first kappa shape index (κ1) is 14.0. The first-order valence-corrected chi connectivity index (χ1v) is 6.28. The molecule has 0 fully saturated rings. The van der Waals surface area contributed by atoms with Crippen molar-refractivity contribution in [3.63, 3.8) is 0 Å². The SMILES string of the molecule is NC(=O)c1cc(Oc2ccc(Br)cc2)cc([N+](=O)[O-])c1. The van der Waals surface area contributed by atoms with Crippen molar-refractivity contribution >= 4 is 27.5 Å². The van der Waals surface area contributed by atoms with E-state index in [2.05, 4.69) is 15.9 Å². The van der Waals surface area contributed by atoms with Crippen LogP contribution in [0.3, 0.4) is 0 Å². The van der Waals surface area contributed by atoms with Gasteiger partial charge in [0.05, 0.1) is 11.0 Å². The number of nitro groups is 1. The molecule has 20 heavy (non-hydrogen) atoms. The van der Waals surface area contributed by atoms with Gasteiger partial charge in [-0.3, -0.25) is 14.9 Å². The number of amides is 1. The van der Waals surface area contributed by atoms with Gasteiger partial charge in [0.25, 0.3) is 5.69 Å². The number of hydrogen-bond acceptors (Lipinski definition) is 4. The van der Waals surface area contributed by atoms with Crippen molar-refractivity contribution in [2.75, 3.05) is 0 Å². The standard InChI is InChI=1S/C13H9BrN2O4/c14-9-1-3-11(4-2-9)20-12-6-8(13(15)17)5-10(7-12)16(18)19/h1-7H,(H2,15,17). The second-order valence-corrected chi connectivity index (χ2v) is 4.81. The van der Waals surface area contributed by atoms with Crippen LogP contribution in [0.2, 0.25) is 0 Å². The summed E-state index contributed by atoms with van der Waals surface area (Å²) in [6.45, 7) is 0. The number of carbonyl (C=O) groups excluding carboxylic acids is 1. The highest BCUT2D eigenvalue weighted by Crippen LogP contribution is 2.28. The molecule has 0 aliphatic carbocycles. The van der Waals surface area contributed by atoms with Crippen LogP contribution in [0.25, 0.3) is 0 Å². The molecule has 0 radical (unpaired) electrons. The van der Waals surface area contributed by atoms with Gasteiger partial charge in [0.2, 0.25) is 5.91 Å². The topological polar surface area (TPSA) is 95.5 Å². The highest BCUT2D eigenvalue weighted by atomic mass is 79.9. The second kappa shape index (κ2) is 5.70. The first-order valence-electron chi connectivity index (χ1n) is 5.48. The van der Waals surface area contributed by atoms with Gasteiger partial charge < -0.3 is 10.5 Å². The molecule has 0 aliphatic heterocycles. The van der Waals surface area contributed by atoms with Crippen molar-refractivity contribution in [1.29, 1.82) is 0 Å². The molecule has 7 heteroatoms. The molecule has 0 atom stereocenters. The van der Waals surface area contributed by atoms with Gasteiger partial charge in [-0.2, -0.15) is 0 Å². The largest absolute Gasteiger partial charge is 0.457 e. The Labute approximate surface area is 122 Å². The van der Waals surface area contributed by atoms with Crippen LogP contribution in [0, 0.1) is 10.1 Å². The van der Waals surface area contributed by atoms with Gasteiger partial charge in [-0.05, 0) is 30.3 Å². The van der Waals surface area contributed by atoms with Gasteiger partial charge in [0, 0.05) is 16.1 Å². The number of benzene rings is 2. The smallest absolute Gasteiger partial charge is 0.273 e. The summed E-state index contributed by atoms with van der Waals surface area (Å²) >= 11 is 3.29. The van der Waals surface area contributed by atoms with Crippen LogP contribution in [0.4, 0.5) is 5.69 Å². The highest BCUT2D eigenvalue weighted by molar-refractivity contribution is 9.10. The van der Waals surface area contributed by atoms with Crippen LogP contribution < -0.4 is 10.5 Å². The van der Waals surface area contributed by atoms with E-state index in [1.165, 1.54) is 12.1 Å². The van der Waals surface area contributed by atoms with Gasteiger partial charge in [-0.25, -0.2) is 0 Å². The van der Waals surface area contributed by atoms with E-state index >= 15 is 0 Å². The number of ether oxygens (including phenoxy) is 1. The minimum absolute atomic E-state index is 0.0197. The Morgan fingerprint density at radius 2 is 1.80 bits per heavy atom. The molecule has 2 N–H and O–H groups in total. The fourth-order valence-electron chi connectivity index (χ4n) is 1.53. The Morgan fingerprint density at radius 1 is 1.15 bits per heavy atom. The minimum atomic E-state index is -0.755. The number of nitrogens with two attached hydrogens (primary N) is 1. The fourth-order valence-corrected chi connectivity index (χ4v) is 1.79. The van der Waals surface area contributed by atoms with Crippen LogP contribution in [0.5, 0.6) is 11.5 Å². The van der Waals surface area contributed by atoms with Crippen LogP contribution in [0.1, 0.15) is 10.4 Å². The van der Waals surface area contributed by atoms with Gasteiger partial charge in [-0.1, -0.05) is 15.9 Å². The van der Waals surface area contributed by atoms with Gasteiger partial charge in [0.15, 0.2) is 0 Å².